The van der Waals surface area contributed by atoms with Gasteiger partial charge in [0.2, 0.25) is 0 Å². The van der Waals surface area contributed by atoms with Crippen molar-refractivity contribution in [3.05, 3.63) is 0 Å². The molecule has 1 heterocycles. The molecule has 0 radical (unpaired) electrons. The van der Waals surface area contributed by atoms with Crippen molar-refractivity contribution in [2.24, 2.45) is 0 Å². The molecular formula is C67H133NO25. The molecule has 1 aliphatic heterocycles. The van der Waals surface area contributed by atoms with Crippen molar-refractivity contribution in [1.29, 1.82) is 0 Å². The molecule has 0 aromatic rings. The second-order valence-electron chi connectivity index (χ2n) is 22.9. The smallest absolute Gasteiger partial charge is 0.130 e. The van der Waals surface area contributed by atoms with E-state index < -0.39 is 12.0 Å². The largest absolute Gasteiger partial charge is 0.544 e. The van der Waals surface area contributed by atoms with Crippen molar-refractivity contribution in [3.8, 4) is 0 Å². The van der Waals surface area contributed by atoms with E-state index in [2.05, 4.69) is 27.7 Å². The number of unbranched alkanes of at least 4 members (excludes halogenated alkanes) is 9. The molecular weight excluding hydrogens is 1220 g/mol. The summed E-state index contributed by atoms with van der Waals surface area (Å²) in [6, 6.07) is -0.481. The zero-order chi connectivity index (χ0) is 66.8. The summed E-state index contributed by atoms with van der Waals surface area (Å²) in [6.45, 7) is 33.1. The van der Waals surface area contributed by atoms with Crippen molar-refractivity contribution < 1.29 is 123 Å². The Morgan fingerprint density at radius 3 is 0.634 bits per heavy atom. The minimum Gasteiger partial charge on any atom is -0.544 e. The van der Waals surface area contributed by atoms with E-state index in [1.54, 1.807) is 0 Å². The van der Waals surface area contributed by atoms with Crippen LogP contribution in [0.4, 0.5) is 0 Å². The van der Waals surface area contributed by atoms with Crippen molar-refractivity contribution in [3.63, 3.8) is 0 Å². The third-order valence-corrected chi connectivity index (χ3v) is 14.7. The van der Waals surface area contributed by atoms with E-state index in [1.165, 1.54) is 57.8 Å². The van der Waals surface area contributed by atoms with Gasteiger partial charge in [-0.25, -0.2) is 0 Å². The molecule has 0 bridgehead atoms. The van der Waals surface area contributed by atoms with E-state index in [9.17, 15) is 9.90 Å². The zero-order valence-electron chi connectivity index (χ0n) is 58.7. The van der Waals surface area contributed by atoms with Crippen LogP contribution in [-0.4, -0.2) is 339 Å². The molecule has 26 heteroatoms. The third kappa shape index (κ3) is 62.5. The fourth-order valence-corrected chi connectivity index (χ4v) is 9.55. The highest BCUT2D eigenvalue weighted by atomic mass is 16.6. The number of carboxylic acids is 1. The van der Waals surface area contributed by atoms with Gasteiger partial charge >= 0.3 is 0 Å². The number of carbonyl (C=O) groups excluding carboxylic acids is 1. The van der Waals surface area contributed by atoms with Gasteiger partial charge in [-0.3, -0.25) is 0 Å². The molecule has 0 aromatic carbocycles. The lowest BCUT2D eigenvalue weighted by Crippen LogP contribution is -2.67. The molecule has 1 saturated heterocycles. The first-order valence-electron chi connectivity index (χ1n) is 35.2. The molecule has 93 heavy (non-hydrogen) atoms. The maximum atomic E-state index is 11.8. The molecule has 0 amide bonds. The predicted molar refractivity (Wildman–Crippen MR) is 348 cm³/mol. The van der Waals surface area contributed by atoms with Crippen molar-refractivity contribution >= 4 is 5.97 Å². The fraction of sp³-hybridized carbons (Fsp3) is 0.985. The summed E-state index contributed by atoms with van der Waals surface area (Å²) in [6.07, 6.45) is 14.9. The number of hydrogen-bond acceptors (Lipinski definition) is 25. The Bertz CT molecular complexity index is 1470. The van der Waals surface area contributed by atoms with Crippen LogP contribution in [0.25, 0.3) is 0 Å². The van der Waals surface area contributed by atoms with Gasteiger partial charge in [0.05, 0.1) is 315 Å². The van der Waals surface area contributed by atoms with Gasteiger partial charge in [-0.05, 0) is 27.2 Å². The lowest BCUT2D eigenvalue weighted by atomic mass is 9.99. The highest BCUT2D eigenvalue weighted by Gasteiger charge is 2.50. The standard InChI is InChI=1S/C67H133NO25/c1-5-6-7-8-9-10-11-12-13-14-19-71-21-23-73-25-27-75-29-31-77-33-35-79-37-39-81-41-43-83-45-47-85-49-51-87-53-55-89-57-59-91-61-63-93-64-62-92-60-58-90-56-54-88-52-50-86-48-46-84-44-42-82-40-38-80-36-34-78-32-30-76-28-26-74-24-22-72-20-18-68(67(2,3)4)17-15-16-65(68)66(69)70/h65H,5-64H2,1-4H3. The van der Waals surface area contributed by atoms with Crippen LogP contribution in [0.5, 0.6) is 0 Å². The monoisotopic (exact) mass is 1350 g/mol. The van der Waals surface area contributed by atoms with Gasteiger partial charge in [0.25, 0.3) is 0 Å². The Kier molecular flexibility index (Phi) is 70.5. The number of hydrogen-bond donors (Lipinski definition) is 0. The number of quaternary nitrogens is 1. The van der Waals surface area contributed by atoms with Crippen LogP contribution < -0.4 is 5.11 Å². The van der Waals surface area contributed by atoms with Crippen LogP contribution in [0, 0.1) is 0 Å². The number of carbonyl (C=O) groups is 1. The fourth-order valence-electron chi connectivity index (χ4n) is 9.55. The predicted octanol–water partition coefficient (Wildman–Crippen LogP) is 4.82. The maximum Gasteiger partial charge on any atom is 0.130 e. The molecule has 26 nitrogen and oxygen atoms in total. The molecule has 1 fully saturated rings. The quantitative estimate of drug-likeness (QED) is 0.0585. The molecule has 2 atom stereocenters. The van der Waals surface area contributed by atoms with Crippen molar-refractivity contribution in [2.75, 3.05) is 317 Å². The molecule has 0 aromatic heterocycles. The van der Waals surface area contributed by atoms with E-state index in [-0.39, 0.29) is 5.54 Å². The van der Waals surface area contributed by atoms with Gasteiger partial charge in [0.1, 0.15) is 12.6 Å². The average molecular weight is 1350 g/mol. The third-order valence-electron chi connectivity index (χ3n) is 14.7. The van der Waals surface area contributed by atoms with Gasteiger partial charge in [0, 0.05) is 19.4 Å². The van der Waals surface area contributed by atoms with E-state index >= 15 is 0 Å². The molecule has 0 spiro atoms. The average Bonchev–Trinajstić information content (AvgIpc) is 1.68. The van der Waals surface area contributed by atoms with Crippen LogP contribution in [0.2, 0.25) is 0 Å². The molecule has 1 aliphatic rings. The first kappa shape index (κ1) is 89.5. The second kappa shape index (κ2) is 73.2. The molecule has 556 valence electrons. The van der Waals surface area contributed by atoms with E-state index in [0.29, 0.717) is 315 Å². The SMILES string of the molecule is CCCCCCCCCCCCOCCOCCOCCOCCOCCOCCOCCOCCOCCOCCOCCOCCOCCOCCOCCOCCOCCOCCOCCOCCOCCOCCOCC[N+]1(C(C)(C)C)CCCC1C(=O)[O-]. The van der Waals surface area contributed by atoms with Crippen molar-refractivity contribution in [1.82, 2.24) is 0 Å². The number of likely N-dealkylation sites (tertiary alicyclic amines) is 1. The minimum atomic E-state index is -0.962. The number of rotatable bonds is 81. The molecule has 0 aliphatic carbocycles. The minimum absolute atomic E-state index is 0.197. The van der Waals surface area contributed by atoms with Gasteiger partial charge < -0.3 is 123 Å². The first-order chi connectivity index (χ1) is 45.8. The summed E-state index contributed by atoms with van der Waals surface area (Å²) >= 11 is 0. The Morgan fingerprint density at radius 1 is 0.280 bits per heavy atom. The number of nitrogens with zero attached hydrogens (tertiary/aromatic N) is 1. The van der Waals surface area contributed by atoms with Gasteiger partial charge in [-0.1, -0.05) is 64.7 Å². The van der Waals surface area contributed by atoms with E-state index in [4.69, 9.17) is 109 Å². The lowest BCUT2D eigenvalue weighted by Gasteiger charge is -2.50. The Balaban J connectivity index is 1.61. The highest BCUT2D eigenvalue weighted by Crippen LogP contribution is 2.36. The molecule has 2 unspecified atom stereocenters. The van der Waals surface area contributed by atoms with Crippen LogP contribution in [0.3, 0.4) is 0 Å². The van der Waals surface area contributed by atoms with Crippen LogP contribution >= 0.6 is 0 Å². The topological polar surface area (TPSA) is 252 Å². The summed E-state index contributed by atoms with van der Waals surface area (Å²) in [5.74, 6) is -0.962. The summed E-state index contributed by atoms with van der Waals surface area (Å²) in [5, 5.41) is 11.8. The molecule has 0 saturated carbocycles. The Morgan fingerprint density at radius 2 is 0.452 bits per heavy atom. The highest BCUT2D eigenvalue weighted by molar-refractivity contribution is 5.70. The molecule has 1 rings (SSSR count). The normalized spacial score (nSPS) is 15.2. The summed E-state index contributed by atoms with van der Waals surface area (Å²) in [7, 11) is 0. The summed E-state index contributed by atoms with van der Waals surface area (Å²) in [4.78, 5) is 11.8. The van der Waals surface area contributed by atoms with E-state index in [0.717, 1.165) is 26.0 Å². The second-order valence-corrected chi connectivity index (χ2v) is 22.9. The Hall–Kier alpha value is -1.49. The van der Waals surface area contributed by atoms with Crippen molar-refractivity contribution in [2.45, 2.75) is 116 Å². The van der Waals surface area contributed by atoms with Crippen LogP contribution in [0.1, 0.15) is 105 Å². The van der Waals surface area contributed by atoms with Crippen LogP contribution in [-0.2, 0) is 114 Å². The lowest BCUT2D eigenvalue weighted by molar-refractivity contribution is -0.975. The molecule has 0 N–H and O–H groups in total. The summed E-state index contributed by atoms with van der Waals surface area (Å²) < 4.78 is 128. The van der Waals surface area contributed by atoms with Crippen LogP contribution in [0.15, 0.2) is 0 Å². The van der Waals surface area contributed by atoms with Gasteiger partial charge in [-0.15, -0.1) is 0 Å². The number of carboxylic acid groups (broad SMARTS) is 1. The summed E-state index contributed by atoms with van der Waals surface area (Å²) in [5.41, 5.74) is -0.197. The van der Waals surface area contributed by atoms with Gasteiger partial charge in [0.15, 0.2) is 0 Å². The Labute approximate surface area is 560 Å². The number of ether oxygens (including phenoxy) is 23. The first-order valence-corrected chi connectivity index (χ1v) is 35.2. The maximum absolute atomic E-state index is 11.8. The number of aliphatic carboxylic acids is 1. The van der Waals surface area contributed by atoms with E-state index in [1.807, 2.05) is 0 Å². The van der Waals surface area contributed by atoms with Gasteiger partial charge in [-0.2, -0.15) is 0 Å². The zero-order valence-corrected chi connectivity index (χ0v) is 58.7.